The lowest BCUT2D eigenvalue weighted by Crippen LogP contribution is -1.80. The van der Waals surface area contributed by atoms with Gasteiger partial charge in [-0.3, -0.25) is 4.99 Å². The van der Waals surface area contributed by atoms with Crippen molar-refractivity contribution < 1.29 is 0 Å². The normalized spacial score (nSPS) is 10.1. The summed E-state index contributed by atoms with van der Waals surface area (Å²) in [5.74, 6) is 0. The van der Waals surface area contributed by atoms with Crippen LogP contribution in [0.15, 0.2) is 9.98 Å². The molecular weight excluding hydrogens is 100 g/mol. The van der Waals surface area contributed by atoms with E-state index in [9.17, 15) is 0 Å². The van der Waals surface area contributed by atoms with Crippen LogP contribution in [0, 0.1) is 0 Å². The first kappa shape index (κ1) is 7.34. The molecule has 46 valence electrons. The van der Waals surface area contributed by atoms with Crippen molar-refractivity contribution in [2.75, 3.05) is 13.1 Å². The summed E-state index contributed by atoms with van der Waals surface area (Å²) >= 11 is 0. The highest BCUT2D eigenvalue weighted by Gasteiger charge is 1.72. The molecule has 0 aliphatic carbocycles. The lowest BCUT2D eigenvalue weighted by Gasteiger charge is -1.82. The van der Waals surface area contributed by atoms with Crippen LogP contribution >= 0.6 is 0 Å². The van der Waals surface area contributed by atoms with E-state index >= 15 is 0 Å². The maximum atomic E-state index is 4.00. The van der Waals surface area contributed by atoms with Gasteiger partial charge in [0.1, 0.15) is 0 Å². The number of rotatable bonds is 4. The molecule has 0 bridgehead atoms. The molecule has 0 unspecified atom stereocenters. The van der Waals surface area contributed by atoms with Gasteiger partial charge in [-0.2, -0.15) is 0 Å². The van der Waals surface area contributed by atoms with Crippen LogP contribution in [0.25, 0.3) is 0 Å². The molecular formula is C6H12N2. The molecule has 0 aliphatic rings. The van der Waals surface area contributed by atoms with Crippen molar-refractivity contribution in [3.05, 3.63) is 0 Å². The van der Waals surface area contributed by atoms with Crippen LogP contribution in [0.4, 0.5) is 0 Å². The Labute approximate surface area is 50.4 Å². The Hall–Kier alpha value is -0.660. The molecule has 0 aromatic rings. The summed E-state index contributed by atoms with van der Waals surface area (Å²) in [6, 6.07) is 0. The van der Waals surface area contributed by atoms with E-state index in [4.69, 9.17) is 0 Å². The van der Waals surface area contributed by atoms with Crippen LogP contribution in [0.3, 0.4) is 0 Å². The molecule has 0 radical (unpaired) electrons. The summed E-state index contributed by atoms with van der Waals surface area (Å²) < 4.78 is 0. The van der Waals surface area contributed by atoms with Crippen LogP contribution < -0.4 is 0 Å². The minimum Gasteiger partial charge on any atom is -0.301 e. The molecule has 0 rings (SSSR count). The van der Waals surface area contributed by atoms with E-state index in [0.717, 1.165) is 19.5 Å². The van der Waals surface area contributed by atoms with Gasteiger partial charge >= 0.3 is 0 Å². The molecule has 0 heterocycles. The van der Waals surface area contributed by atoms with Crippen molar-refractivity contribution in [2.24, 2.45) is 9.98 Å². The monoisotopic (exact) mass is 112 g/mol. The van der Waals surface area contributed by atoms with Gasteiger partial charge in [0.05, 0.1) is 0 Å². The molecule has 0 atom stereocenters. The van der Waals surface area contributed by atoms with Gasteiger partial charge in [-0.1, -0.05) is 0 Å². The van der Waals surface area contributed by atoms with E-state index < -0.39 is 0 Å². The SMILES string of the molecule is C=NCCC=NCC. The largest absolute Gasteiger partial charge is 0.301 e. The summed E-state index contributed by atoms with van der Waals surface area (Å²) in [6.07, 6.45) is 2.81. The molecule has 0 aromatic carbocycles. The van der Waals surface area contributed by atoms with E-state index in [-0.39, 0.29) is 0 Å². The second kappa shape index (κ2) is 6.34. The van der Waals surface area contributed by atoms with E-state index in [1.807, 2.05) is 13.1 Å². The molecule has 0 N–H and O–H groups in total. The minimum atomic E-state index is 0.795. The molecule has 0 saturated heterocycles. The number of aliphatic imine (C=N–C) groups is 2. The topological polar surface area (TPSA) is 24.7 Å². The summed E-state index contributed by atoms with van der Waals surface area (Å²) in [4.78, 5) is 7.66. The third kappa shape index (κ3) is 5.34. The smallest absolute Gasteiger partial charge is 0.0431 e. The van der Waals surface area contributed by atoms with Crippen molar-refractivity contribution >= 4 is 12.9 Å². The van der Waals surface area contributed by atoms with Crippen molar-refractivity contribution in [3.8, 4) is 0 Å². The van der Waals surface area contributed by atoms with E-state index in [1.165, 1.54) is 0 Å². The van der Waals surface area contributed by atoms with Crippen LogP contribution in [-0.2, 0) is 0 Å². The second-order valence-corrected chi connectivity index (χ2v) is 1.42. The Bertz CT molecular complexity index is 76.6. The maximum Gasteiger partial charge on any atom is 0.0431 e. The molecule has 0 saturated carbocycles. The lowest BCUT2D eigenvalue weighted by molar-refractivity contribution is 1.04. The van der Waals surface area contributed by atoms with Gasteiger partial charge in [-0.25, -0.2) is 0 Å². The number of nitrogens with zero attached hydrogens (tertiary/aromatic N) is 2. The number of hydrogen-bond donors (Lipinski definition) is 0. The zero-order valence-corrected chi connectivity index (χ0v) is 5.30. The molecule has 2 nitrogen and oxygen atoms in total. The second-order valence-electron chi connectivity index (χ2n) is 1.42. The summed E-state index contributed by atoms with van der Waals surface area (Å²) in [6.45, 7) is 7.03. The first-order valence-corrected chi connectivity index (χ1v) is 2.82. The van der Waals surface area contributed by atoms with E-state index in [1.54, 1.807) is 0 Å². The predicted octanol–water partition coefficient (Wildman–Crippen LogP) is 1.17. The van der Waals surface area contributed by atoms with Crippen LogP contribution in [0.2, 0.25) is 0 Å². The quantitative estimate of drug-likeness (QED) is 0.385. The molecule has 0 fully saturated rings. The summed E-state index contributed by atoms with van der Waals surface area (Å²) in [7, 11) is 0. The Morgan fingerprint density at radius 3 is 2.88 bits per heavy atom. The van der Waals surface area contributed by atoms with Gasteiger partial charge in [0, 0.05) is 25.7 Å². The Morgan fingerprint density at radius 2 is 2.38 bits per heavy atom. The molecule has 8 heavy (non-hydrogen) atoms. The fourth-order valence-electron chi connectivity index (χ4n) is 0.369. The maximum absolute atomic E-state index is 4.00. The zero-order chi connectivity index (χ0) is 6.24. The highest BCUT2D eigenvalue weighted by molar-refractivity contribution is 5.57. The zero-order valence-electron chi connectivity index (χ0n) is 5.30. The standard InChI is InChI=1S/C6H12N2/c1-3-8-6-4-5-7-2/h6H,2-5H2,1H3. The van der Waals surface area contributed by atoms with Crippen molar-refractivity contribution in [2.45, 2.75) is 13.3 Å². The van der Waals surface area contributed by atoms with Crippen molar-refractivity contribution in [1.82, 2.24) is 0 Å². The van der Waals surface area contributed by atoms with Gasteiger partial charge in [-0.15, -0.1) is 0 Å². The van der Waals surface area contributed by atoms with Crippen LogP contribution in [0.5, 0.6) is 0 Å². The first-order chi connectivity index (χ1) is 3.91. The minimum absolute atomic E-state index is 0.795. The molecule has 0 aromatic heterocycles. The van der Waals surface area contributed by atoms with Gasteiger partial charge in [-0.05, 0) is 13.6 Å². The van der Waals surface area contributed by atoms with Gasteiger partial charge in [0.15, 0.2) is 0 Å². The molecule has 0 aliphatic heterocycles. The van der Waals surface area contributed by atoms with Crippen molar-refractivity contribution in [1.29, 1.82) is 0 Å². The number of hydrogen-bond acceptors (Lipinski definition) is 2. The van der Waals surface area contributed by atoms with Gasteiger partial charge in [0.25, 0.3) is 0 Å². The van der Waals surface area contributed by atoms with Gasteiger partial charge < -0.3 is 4.99 Å². The van der Waals surface area contributed by atoms with Crippen LogP contribution in [0.1, 0.15) is 13.3 Å². The van der Waals surface area contributed by atoms with Gasteiger partial charge in [0.2, 0.25) is 0 Å². The fourth-order valence-corrected chi connectivity index (χ4v) is 0.369. The highest BCUT2D eigenvalue weighted by Crippen LogP contribution is 1.74. The summed E-state index contributed by atoms with van der Waals surface area (Å²) in [5.41, 5.74) is 0. The molecule has 0 spiro atoms. The highest BCUT2D eigenvalue weighted by atomic mass is 14.7. The molecule has 2 heteroatoms. The molecule has 0 amide bonds. The predicted molar refractivity (Wildman–Crippen MR) is 38.1 cm³/mol. The third-order valence-corrected chi connectivity index (χ3v) is 0.728. The average molecular weight is 112 g/mol. The first-order valence-electron chi connectivity index (χ1n) is 2.82. The lowest BCUT2D eigenvalue weighted by atomic mass is 10.5. The third-order valence-electron chi connectivity index (χ3n) is 0.728. The Kier molecular flexibility index (Phi) is 5.82. The Morgan fingerprint density at radius 1 is 1.62 bits per heavy atom. The summed E-state index contributed by atoms with van der Waals surface area (Å²) in [5, 5.41) is 0. The van der Waals surface area contributed by atoms with E-state index in [0.29, 0.717) is 0 Å². The van der Waals surface area contributed by atoms with Crippen molar-refractivity contribution in [3.63, 3.8) is 0 Å². The fraction of sp³-hybridized carbons (Fsp3) is 0.667. The Balaban J connectivity index is 2.90. The van der Waals surface area contributed by atoms with E-state index in [2.05, 4.69) is 16.7 Å². The average Bonchev–Trinajstić information content (AvgIpc) is 1.81. The van der Waals surface area contributed by atoms with Crippen LogP contribution in [-0.4, -0.2) is 26.0 Å².